The fourth-order valence-electron chi connectivity index (χ4n) is 2.26. The van der Waals surface area contributed by atoms with E-state index in [1.54, 1.807) is 0 Å². The van der Waals surface area contributed by atoms with Crippen molar-refractivity contribution in [3.63, 3.8) is 0 Å². The molecule has 1 aliphatic heterocycles. The lowest BCUT2D eigenvalue weighted by molar-refractivity contribution is -0.159. The Labute approximate surface area is 137 Å². The highest BCUT2D eigenvalue weighted by atomic mass is 19.4. The summed E-state index contributed by atoms with van der Waals surface area (Å²) in [6.45, 7) is 0.407. The maximum atomic E-state index is 14.1. The molecule has 0 bridgehead atoms. The van der Waals surface area contributed by atoms with Crippen molar-refractivity contribution < 1.29 is 31.7 Å². The second kappa shape index (κ2) is 6.15. The number of carbonyl (C=O) groups excluding carboxylic acids is 2. The largest absolute Gasteiger partial charge is 0.471 e. The number of aromatic nitrogens is 2. The van der Waals surface area contributed by atoms with Crippen LogP contribution in [0, 0.1) is 5.82 Å². The Morgan fingerprint density at radius 2 is 2.12 bits per heavy atom. The molecule has 1 fully saturated rings. The molecule has 1 aliphatic rings. The number of benzene rings is 1. The molecule has 3 rings (SSSR count). The van der Waals surface area contributed by atoms with Gasteiger partial charge in [0.1, 0.15) is 11.9 Å². The number of rotatable bonds is 3. The molecule has 7 nitrogen and oxygen atoms in total. The monoisotopic (exact) mass is 358 g/mol. The summed E-state index contributed by atoms with van der Waals surface area (Å²) >= 11 is 0. The Kier molecular flexibility index (Phi) is 4.15. The zero-order valence-electron chi connectivity index (χ0n) is 12.4. The molecule has 1 aromatic heterocycles. The summed E-state index contributed by atoms with van der Waals surface area (Å²) in [6, 6.07) is 2.31. The zero-order chi connectivity index (χ0) is 18.2. The molecule has 132 valence electrons. The predicted molar refractivity (Wildman–Crippen MR) is 73.6 cm³/mol. The molecule has 1 saturated heterocycles. The maximum Gasteiger partial charge on any atom is 0.471 e. The molecule has 0 saturated carbocycles. The fraction of sp³-hybridized carbons (Fsp3) is 0.286. The summed E-state index contributed by atoms with van der Waals surface area (Å²) in [5, 5.41) is 8.03. The molecule has 2 heterocycles. The number of hydrogen-bond donors (Lipinski definition) is 2. The average Bonchev–Trinajstić information content (AvgIpc) is 3.16. The van der Waals surface area contributed by atoms with Crippen LogP contribution in [0.2, 0.25) is 0 Å². The minimum atomic E-state index is -4.81. The van der Waals surface area contributed by atoms with E-state index in [1.165, 1.54) is 6.07 Å². The van der Waals surface area contributed by atoms with Gasteiger partial charge in [0.15, 0.2) is 0 Å². The van der Waals surface area contributed by atoms with E-state index in [2.05, 4.69) is 25.3 Å². The van der Waals surface area contributed by atoms with Crippen molar-refractivity contribution in [3.05, 3.63) is 35.5 Å². The van der Waals surface area contributed by atoms with Crippen LogP contribution in [0.1, 0.15) is 22.7 Å². The Morgan fingerprint density at radius 3 is 2.68 bits per heavy atom. The molecule has 2 aromatic rings. The van der Waals surface area contributed by atoms with E-state index >= 15 is 0 Å². The van der Waals surface area contributed by atoms with Crippen LogP contribution in [0.5, 0.6) is 0 Å². The Hall–Kier alpha value is -2.98. The molecule has 0 spiro atoms. The van der Waals surface area contributed by atoms with Gasteiger partial charge in [0.05, 0.1) is 5.56 Å². The molecule has 1 unspecified atom stereocenters. The summed E-state index contributed by atoms with van der Waals surface area (Å²) < 4.78 is 55.5. The third kappa shape index (κ3) is 3.44. The molecule has 25 heavy (non-hydrogen) atoms. The first-order chi connectivity index (χ1) is 11.8. The first-order valence-electron chi connectivity index (χ1n) is 7.05. The number of alkyl halides is 3. The summed E-state index contributed by atoms with van der Waals surface area (Å²) in [6.07, 6.45) is -4.43. The first-order valence-corrected chi connectivity index (χ1v) is 7.05. The van der Waals surface area contributed by atoms with Gasteiger partial charge in [0, 0.05) is 12.1 Å². The normalized spacial score (nSPS) is 17.4. The second-order valence-corrected chi connectivity index (χ2v) is 5.22. The highest BCUT2D eigenvalue weighted by Gasteiger charge is 2.38. The van der Waals surface area contributed by atoms with E-state index in [0.717, 1.165) is 12.1 Å². The molecule has 1 aromatic carbocycles. The predicted octanol–water partition coefficient (Wildman–Crippen LogP) is 1.51. The molecular formula is C14H10F4N4O3. The van der Waals surface area contributed by atoms with Crippen LogP contribution in [-0.2, 0) is 11.0 Å². The summed E-state index contributed by atoms with van der Waals surface area (Å²) in [5.74, 6) is -4.19. The highest BCUT2D eigenvalue weighted by molar-refractivity contribution is 5.98. The highest BCUT2D eigenvalue weighted by Crippen LogP contribution is 2.29. The summed E-state index contributed by atoms with van der Waals surface area (Å²) in [5.41, 5.74) is -0.449. The number of hydrogen-bond acceptors (Lipinski definition) is 5. The van der Waals surface area contributed by atoms with Gasteiger partial charge >= 0.3 is 12.1 Å². The Morgan fingerprint density at radius 1 is 1.36 bits per heavy atom. The quantitative estimate of drug-likeness (QED) is 0.811. The Balaban J connectivity index is 1.80. The van der Waals surface area contributed by atoms with E-state index in [4.69, 9.17) is 0 Å². The number of nitrogens with one attached hydrogen (secondary N) is 2. The van der Waals surface area contributed by atoms with Gasteiger partial charge in [0.2, 0.25) is 11.7 Å². The summed E-state index contributed by atoms with van der Waals surface area (Å²) in [7, 11) is 0. The molecule has 0 aliphatic carbocycles. The number of nitrogens with zero attached hydrogens (tertiary/aromatic N) is 2. The van der Waals surface area contributed by atoms with Gasteiger partial charge in [-0.05, 0) is 18.6 Å². The third-order valence-electron chi connectivity index (χ3n) is 3.49. The van der Waals surface area contributed by atoms with Crippen LogP contribution in [0.15, 0.2) is 22.7 Å². The molecular weight excluding hydrogens is 348 g/mol. The van der Waals surface area contributed by atoms with Crippen molar-refractivity contribution in [2.24, 2.45) is 0 Å². The zero-order valence-corrected chi connectivity index (χ0v) is 12.4. The van der Waals surface area contributed by atoms with Crippen molar-refractivity contribution in [1.82, 2.24) is 20.8 Å². The van der Waals surface area contributed by atoms with Gasteiger partial charge in [-0.1, -0.05) is 11.2 Å². The van der Waals surface area contributed by atoms with Crippen molar-refractivity contribution >= 4 is 11.8 Å². The van der Waals surface area contributed by atoms with Crippen molar-refractivity contribution in [1.29, 1.82) is 0 Å². The standard InChI is InChI=1S/C14H10F4N4O3/c15-8-5-6(10-21-13(25-22-10)14(16,17)18)1-2-7(8)11(23)20-9-3-4-19-12(9)24/h1-2,5,9H,3-4H2,(H,19,24)(H,20,23). The van der Waals surface area contributed by atoms with Gasteiger partial charge in [-0.2, -0.15) is 18.2 Å². The summed E-state index contributed by atoms with van der Waals surface area (Å²) in [4.78, 5) is 26.6. The van der Waals surface area contributed by atoms with E-state index in [9.17, 15) is 27.2 Å². The van der Waals surface area contributed by atoms with E-state index in [0.29, 0.717) is 13.0 Å². The van der Waals surface area contributed by atoms with Crippen molar-refractivity contribution in [3.8, 4) is 11.4 Å². The van der Waals surface area contributed by atoms with Crippen LogP contribution < -0.4 is 10.6 Å². The topological polar surface area (TPSA) is 97.1 Å². The van der Waals surface area contributed by atoms with Crippen LogP contribution in [-0.4, -0.2) is 34.5 Å². The minimum absolute atomic E-state index is 0.0908. The van der Waals surface area contributed by atoms with E-state index in [1.807, 2.05) is 0 Å². The van der Waals surface area contributed by atoms with E-state index in [-0.39, 0.29) is 17.0 Å². The van der Waals surface area contributed by atoms with Gasteiger partial charge in [-0.3, -0.25) is 9.59 Å². The third-order valence-corrected chi connectivity index (χ3v) is 3.49. The second-order valence-electron chi connectivity index (χ2n) is 5.22. The number of halogens is 4. The van der Waals surface area contributed by atoms with Crippen LogP contribution in [0.25, 0.3) is 11.4 Å². The number of amides is 2. The van der Waals surface area contributed by atoms with Crippen molar-refractivity contribution in [2.75, 3.05) is 6.54 Å². The van der Waals surface area contributed by atoms with Crippen LogP contribution in [0.3, 0.4) is 0 Å². The maximum absolute atomic E-state index is 14.1. The van der Waals surface area contributed by atoms with Crippen LogP contribution in [0.4, 0.5) is 17.6 Å². The lowest BCUT2D eigenvalue weighted by Crippen LogP contribution is -2.40. The minimum Gasteiger partial charge on any atom is -0.354 e. The van der Waals surface area contributed by atoms with Gasteiger partial charge in [-0.25, -0.2) is 4.39 Å². The van der Waals surface area contributed by atoms with Gasteiger partial charge < -0.3 is 15.2 Å². The lowest BCUT2D eigenvalue weighted by atomic mass is 10.1. The van der Waals surface area contributed by atoms with Gasteiger partial charge in [0.25, 0.3) is 5.91 Å². The lowest BCUT2D eigenvalue weighted by Gasteiger charge is -2.10. The SMILES string of the molecule is O=C(NC1CCNC1=O)c1ccc(-c2noc(C(F)(F)F)n2)cc1F. The first kappa shape index (κ1) is 16.9. The molecule has 2 N–H and O–H groups in total. The Bertz CT molecular complexity index is 834. The molecule has 1 atom stereocenters. The van der Waals surface area contributed by atoms with Gasteiger partial charge in [-0.15, -0.1) is 0 Å². The van der Waals surface area contributed by atoms with Crippen LogP contribution >= 0.6 is 0 Å². The molecule has 11 heteroatoms. The fourth-order valence-corrected chi connectivity index (χ4v) is 2.26. The number of carbonyl (C=O) groups is 2. The molecule has 0 radical (unpaired) electrons. The van der Waals surface area contributed by atoms with E-state index < -0.39 is 35.7 Å². The molecule has 2 amide bonds. The average molecular weight is 358 g/mol. The smallest absolute Gasteiger partial charge is 0.354 e. The van der Waals surface area contributed by atoms with Crippen molar-refractivity contribution in [2.45, 2.75) is 18.6 Å².